The summed E-state index contributed by atoms with van der Waals surface area (Å²) in [5, 5.41) is 7.67. The van der Waals surface area contributed by atoms with Crippen molar-refractivity contribution in [1.29, 1.82) is 0 Å². The molecule has 1 amide bonds. The molecule has 2 aliphatic rings. The molecule has 0 aliphatic carbocycles. The van der Waals surface area contributed by atoms with Crippen molar-refractivity contribution < 1.29 is 13.2 Å². The van der Waals surface area contributed by atoms with Crippen LogP contribution in [0.15, 0.2) is 52.9 Å². The highest BCUT2D eigenvalue weighted by Crippen LogP contribution is 2.29. The van der Waals surface area contributed by atoms with Crippen molar-refractivity contribution in [1.82, 2.24) is 15.5 Å². The maximum absolute atomic E-state index is 13.5. The lowest BCUT2D eigenvalue weighted by molar-refractivity contribution is -0.133. The predicted molar refractivity (Wildman–Crippen MR) is 141 cm³/mol. The summed E-state index contributed by atoms with van der Waals surface area (Å²) < 4.78 is 25.9. The van der Waals surface area contributed by atoms with Gasteiger partial charge in [0.1, 0.15) is 5.69 Å². The minimum atomic E-state index is -2.51. The second-order valence-corrected chi connectivity index (χ2v) is 9.75. The molecule has 0 saturated carbocycles. The molecule has 2 aromatic carbocycles. The number of piperazine rings is 1. The summed E-state index contributed by atoms with van der Waals surface area (Å²) in [4.78, 5) is 17.5. The van der Waals surface area contributed by atoms with Crippen LogP contribution in [-0.2, 0) is 21.7 Å². The first-order chi connectivity index (χ1) is 16.5. The molecule has 190 valence electrons. The van der Waals surface area contributed by atoms with Gasteiger partial charge in [-0.05, 0) is 55.6 Å². The average molecular weight is 520 g/mol. The zero-order chi connectivity index (χ0) is 23.9. The van der Waals surface area contributed by atoms with Crippen LogP contribution in [-0.4, -0.2) is 70.6 Å². The third kappa shape index (κ3) is 7.51. The van der Waals surface area contributed by atoms with Gasteiger partial charge in [-0.1, -0.05) is 43.3 Å². The number of rotatable bonds is 8. The first-order valence-corrected chi connectivity index (χ1v) is 13.1. The van der Waals surface area contributed by atoms with E-state index in [0.717, 1.165) is 37.2 Å². The molecule has 35 heavy (non-hydrogen) atoms. The molecule has 4 rings (SSSR count). The first kappa shape index (κ1) is 27.1. The highest BCUT2D eigenvalue weighted by Gasteiger charge is 2.29. The normalized spacial score (nSPS) is 18.6. The first-order valence-electron chi connectivity index (χ1n) is 11.6. The summed E-state index contributed by atoms with van der Waals surface area (Å²) in [7, 11) is -2.51. The molecule has 2 saturated heterocycles. The van der Waals surface area contributed by atoms with Crippen LogP contribution < -0.4 is 15.5 Å². The molecular weight excluding hydrogens is 486 g/mol. The Balaban J connectivity index is 0.00000342. The van der Waals surface area contributed by atoms with Gasteiger partial charge >= 0.3 is 10.5 Å². The molecule has 0 radical (unpaired) electrons. The SMILES string of the molecule is C.O=C(C(Cc1ccc(Cl)cc1)NCC1CCCN1)N1CCN(c2ccccc2N=S(=O)=O)CC1. The number of nitrogens with one attached hydrogen (secondary N) is 2. The zero-order valence-electron chi connectivity index (χ0n) is 19.0. The lowest BCUT2D eigenvalue weighted by Gasteiger charge is -2.38. The van der Waals surface area contributed by atoms with Crippen molar-refractivity contribution in [2.24, 2.45) is 4.36 Å². The van der Waals surface area contributed by atoms with Crippen LogP contribution in [0.2, 0.25) is 5.02 Å². The fourth-order valence-corrected chi connectivity index (χ4v) is 5.04. The highest BCUT2D eigenvalue weighted by atomic mass is 35.5. The highest BCUT2D eigenvalue weighted by molar-refractivity contribution is 7.61. The lowest BCUT2D eigenvalue weighted by Crippen LogP contribution is -2.55. The van der Waals surface area contributed by atoms with Gasteiger partial charge in [-0.25, -0.2) is 0 Å². The van der Waals surface area contributed by atoms with Gasteiger partial charge in [0.25, 0.3) is 0 Å². The number of hydrogen-bond acceptors (Lipinski definition) is 7. The molecule has 2 unspecified atom stereocenters. The van der Waals surface area contributed by atoms with E-state index in [-0.39, 0.29) is 19.4 Å². The Morgan fingerprint density at radius 3 is 2.49 bits per heavy atom. The van der Waals surface area contributed by atoms with E-state index in [0.29, 0.717) is 49.4 Å². The molecule has 8 nitrogen and oxygen atoms in total. The number of carbonyl (C=O) groups is 1. The molecule has 2 aromatic rings. The van der Waals surface area contributed by atoms with E-state index >= 15 is 0 Å². The molecular formula is C25H34ClN5O3S. The fourth-order valence-electron chi connectivity index (χ4n) is 4.60. The molecule has 0 aromatic heterocycles. The number of amides is 1. The molecule has 2 aliphatic heterocycles. The van der Waals surface area contributed by atoms with E-state index in [1.807, 2.05) is 41.3 Å². The summed E-state index contributed by atoms with van der Waals surface area (Å²) in [6.45, 7) is 4.13. The molecule has 2 N–H and O–H groups in total. The molecule has 2 fully saturated rings. The number of para-hydroxylation sites is 1. The van der Waals surface area contributed by atoms with Crippen LogP contribution in [0, 0.1) is 0 Å². The second kappa shape index (κ2) is 13.0. The van der Waals surface area contributed by atoms with Gasteiger partial charge in [0, 0.05) is 43.8 Å². The van der Waals surface area contributed by atoms with E-state index in [1.165, 1.54) is 0 Å². The van der Waals surface area contributed by atoms with Gasteiger partial charge in [-0.15, -0.1) is 4.36 Å². The zero-order valence-corrected chi connectivity index (χ0v) is 20.6. The number of carbonyl (C=O) groups excluding carboxylic acids is 1. The molecule has 2 heterocycles. The van der Waals surface area contributed by atoms with Crippen LogP contribution in [0.3, 0.4) is 0 Å². The van der Waals surface area contributed by atoms with Crippen molar-refractivity contribution in [3.8, 4) is 0 Å². The van der Waals surface area contributed by atoms with Crippen molar-refractivity contribution in [2.75, 3.05) is 44.2 Å². The van der Waals surface area contributed by atoms with E-state index in [1.54, 1.807) is 12.1 Å². The molecule has 0 bridgehead atoms. The Morgan fingerprint density at radius 1 is 1.11 bits per heavy atom. The molecule has 2 atom stereocenters. The number of halogens is 1. The average Bonchev–Trinajstić information content (AvgIpc) is 3.36. The number of benzene rings is 2. The van der Waals surface area contributed by atoms with Crippen molar-refractivity contribution >= 4 is 39.4 Å². The van der Waals surface area contributed by atoms with Gasteiger partial charge in [0.15, 0.2) is 0 Å². The summed E-state index contributed by atoms with van der Waals surface area (Å²) in [6, 6.07) is 14.9. The van der Waals surface area contributed by atoms with Gasteiger partial charge < -0.3 is 20.4 Å². The Hall–Kier alpha value is -2.46. The van der Waals surface area contributed by atoms with E-state index in [2.05, 4.69) is 19.9 Å². The van der Waals surface area contributed by atoms with Crippen LogP contribution in [0.5, 0.6) is 0 Å². The smallest absolute Gasteiger partial charge is 0.316 e. The van der Waals surface area contributed by atoms with Crippen LogP contribution >= 0.6 is 11.6 Å². The third-order valence-electron chi connectivity index (χ3n) is 6.41. The minimum Gasteiger partial charge on any atom is -0.366 e. The maximum atomic E-state index is 13.5. The van der Waals surface area contributed by atoms with Crippen LogP contribution in [0.25, 0.3) is 0 Å². The number of nitrogens with zero attached hydrogens (tertiary/aromatic N) is 3. The second-order valence-electron chi connectivity index (χ2n) is 8.69. The number of anilines is 1. The fraction of sp³-hybridized carbons (Fsp3) is 0.480. The lowest BCUT2D eigenvalue weighted by atomic mass is 10.0. The van der Waals surface area contributed by atoms with Crippen molar-refractivity contribution in [3.05, 3.63) is 59.1 Å². The molecule has 10 heteroatoms. The van der Waals surface area contributed by atoms with Crippen LogP contribution in [0.4, 0.5) is 11.4 Å². The third-order valence-corrected chi connectivity index (χ3v) is 7.01. The Labute approximate surface area is 214 Å². The van der Waals surface area contributed by atoms with E-state index in [9.17, 15) is 13.2 Å². The van der Waals surface area contributed by atoms with E-state index in [4.69, 9.17) is 11.6 Å². The molecule has 0 spiro atoms. The van der Waals surface area contributed by atoms with Crippen LogP contribution in [0.1, 0.15) is 25.8 Å². The van der Waals surface area contributed by atoms with Crippen molar-refractivity contribution in [2.45, 2.75) is 38.8 Å². The Bertz CT molecular complexity index is 1100. The topological polar surface area (TPSA) is 94.1 Å². The summed E-state index contributed by atoms with van der Waals surface area (Å²) >= 11 is 6.04. The Kier molecular flexibility index (Phi) is 10.1. The maximum Gasteiger partial charge on any atom is 0.316 e. The Morgan fingerprint density at radius 2 is 1.83 bits per heavy atom. The van der Waals surface area contributed by atoms with Gasteiger partial charge in [-0.3, -0.25) is 4.79 Å². The summed E-state index contributed by atoms with van der Waals surface area (Å²) in [5.41, 5.74) is 2.25. The summed E-state index contributed by atoms with van der Waals surface area (Å²) in [6.07, 6.45) is 2.88. The monoisotopic (exact) mass is 519 g/mol. The van der Waals surface area contributed by atoms with Gasteiger partial charge in [-0.2, -0.15) is 8.42 Å². The van der Waals surface area contributed by atoms with Gasteiger partial charge in [0.05, 0.1) is 11.7 Å². The quantitative estimate of drug-likeness (QED) is 0.556. The number of hydrogen-bond donors (Lipinski definition) is 2. The summed E-state index contributed by atoms with van der Waals surface area (Å²) in [5.74, 6) is 0.0891. The standard InChI is InChI=1S/C24H30ClN5O3S.CH4/c25-19-9-7-18(8-10-19)16-22(27-17-20-4-3-11-26-20)24(31)30-14-12-29(13-15-30)23-6-2-1-5-21(23)28-34(32)33;/h1-2,5-10,20,22,26-27H,3-4,11-17H2;1H4. The minimum absolute atomic E-state index is 0. The van der Waals surface area contributed by atoms with Gasteiger partial charge in [0.2, 0.25) is 5.91 Å². The van der Waals surface area contributed by atoms with Crippen molar-refractivity contribution in [3.63, 3.8) is 0 Å². The van der Waals surface area contributed by atoms with E-state index < -0.39 is 10.5 Å². The largest absolute Gasteiger partial charge is 0.366 e. The predicted octanol–water partition coefficient (Wildman–Crippen LogP) is 3.27.